The van der Waals surface area contributed by atoms with Crippen LogP contribution in [0.15, 0.2) is 41.6 Å². The van der Waals surface area contributed by atoms with Crippen molar-refractivity contribution in [3.63, 3.8) is 0 Å². The van der Waals surface area contributed by atoms with Gasteiger partial charge < -0.3 is 5.73 Å². The molecule has 0 aliphatic heterocycles. The Balaban J connectivity index is 1.98. The maximum Gasteiger partial charge on any atom is 0.0961 e. The lowest BCUT2D eigenvalue weighted by Gasteiger charge is -2.13. The fraction of sp³-hybridized carbons (Fsp3) is 0.267. The van der Waals surface area contributed by atoms with Gasteiger partial charge in [-0.15, -0.1) is 11.8 Å². The van der Waals surface area contributed by atoms with Gasteiger partial charge in [0, 0.05) is 18.0 Å². The highest BCUT2D eigenvalue weighted by Gasteiger charge is 2.08. The highest BCUT2D eigenvalue weighted by atomic mass is 35.5. The fourth-order valence-corrected chi connectivity index (χ4v) is 2.66. The Morgan fingerprint density at radius 3 is 2.63 bits per heavy atom. The van der Waals surface area contributed by atoms with Crippen LogP contribution in [0.1, 0.15) is 22.7 Å². The zero-order valence-electron chi connectivity index (χ0n) is 11.1. The van der Waals surface area contributed by atoms with Crippen molar-refractivity contribution in [3.05, 3.63) is 58.2 Å². The van der Waals surface area contributed by atoms with Crippen molar-refractivity contribution in [2.75, 3.05) is 5.75 Å². The standard InChI is InChI=1S/C15H17ClN2S/c1-10-3-4-12(7-11(10)2)14(17)9-19-15-6-5-13(16)8-18-15/h3-8,14H,9,17H2,1-2H3. The monoisotopic (exact) mass is 292 g/mol. The molecule has 0 aliphatic carbocycles. The van der Waals surface area contributed by atoms with Crippen molar-refractivity contribution in [1.82, 2.24) is 4.98 Å². The molecule has 0 saturated heterocycles. The lowest BCUT2D eigenvalue weighted by molar-refractivity contribution is 0.828. The van der Waals surface area contributed by atoms with E-state index in [-0.39, 0.29) is 6.04 Å². The van der Waals surface area contributed by atoms with Crippen molar-refractivity contribution < 1.29 is 0 Å². The number of nitrogens with two attached hydrogens (primary N) is 1. The Bertz CT molecular complexity index is 555. The summed E-state index contributed by atoms with van der Waals surface area (Å²) < 4.78 is 0. The molecular weight excluding hydrogens is 276 g/mol. The Labute approximate surface area is 123 Å². The van der Waals surface area contributed by atoms with E-state index in [2.05, 4.69) is 37.0 Å². The summed E-state index contributed by atoms with van der Waals surface area (Å²) in [5.74, 6) is 0.803. The van der Waals surface area contributed by atoms with E-state index in [1.807, 2.05) is 12.1 Å². The number of aryl methyl sites for hydroxylation is 2. The third-order valence-electron chi connectivity index (χ3n) is 3.07. The van der Waals surface area contributed by atoms with Gasteiger partial charge in [0.25, 0.3) is 0 Å². The van der Waals surface area contributed by atoms with Gasteiger partial charge in [-0.05, 0) is 42.7 Å². The van der Waals surface area contributed by atoms with Crippen molar-refractivity contribution in [2.45, 2.75) is 24.9 Å². The Kier molecular flexibility index (Phi) is 4.86. The average Bonchev–Trinajstić information content (AvgIpc) is 2.41. The number of benzene rings is 1. The van der Waals surface area contributed by atoms with Crippen LogP contribution in [-0.4, -0.2) is 10.7 Å². The predicted octanol–water partition coefficient (Wildman–Crippen LogP) is 4.14. The van der Waals surface area contributed by atoms with Crippen LogP contribution in [0.5, 0.6) is 0 Å². The first-order valence-corrected chi connectivity index (χ1v) is 7.49. The van der Waals surface area contributed by atoms with Crippen molar-refractivity contribution in [1.29, 1.82) is 0 Å². The van der Waals surface area contributed by atoms with Gasteiger partial charge in [0.2, 0.25) is 0 Å². The first-order valence-electron chi connectivity index (χ1n) is 6.13. The molecule has 100 valence electrons. The van der Waals surface area contributed by atoms with Gasteiger partial charge in [-0.3, -0.25) is 0 Å². The number of rotatable bonds is 4. The molecule has 0 spiro atoms. The Morgan fingerprint density at radius 2 is 2.00 bits per heavy atom. The number of hydrogen-bond donors (Lipinski definition) is 1. The second-order valence-corrected chi connectivity index (χ2v) is 6.05. The van der Waals surface area contributed by atoms with Crippen molar-refractivity contribution >= 4 is 23.4 Å². The van der Waals surface area contributed by atoms with E-state index in [1.165, 1.54) is 16.7 Å². The molecule has 0 saturated carbocycles. The minimum Gasteiger partial charge on any atom is -0.323 e. The highest BCUT2D eigenvalue weighted by molar-refractivity contribution is 7.99. The van der Waals surface area contributed by atoms with Gasteiger partial charge >= 0.3 is 0 Å². The van der Waals surface area contributed by atoms with Crippen LogP contribution in [0.3, 0.4) is 0 Å². The molecule has 2 N–H and O–H groups in total. The first kappa shape index (κ1) is 14.4. The van der Waals surface area contributed by atoms with Gasteiger partial charge in [0.1, 0.15) is 0 Å². The van der Waals surface area contributed by atoms with E-state index in [1.54, 1.807) is 18.0 Å². The lowest BCUT2D eigenvalue weighted by atomic mass is 10.0. The summed E-state index contributed by atoms with van der Waals surface area (Å²) >= 11 is 7.45. The van der Waals surface area contributed by atoms with E-state index in [0.717, 1.165) is 10.8 Å². The van der Waals surface area contributed by atoms with Crippen LogP contribution in [-0.2, 0) is 0 Å². The predicted molar refractivity (Wildman–Crippen MR) is 82.8 cm³/mol. The van der Waals surface area contributed by atoms with Crippen LogP contribution in [0.4, 0.5) is 0 Å². The van der Waals surface area contributed by atoms with Crippen LogP contribution in [0.2, 0.25) is 5.02 Å². The summed E-state index contributed by atoms with van der Waals surface area (Å²) in [6.45, 7) is 4.22. The summed E-state index contributed by atoms with van der Waals surface area (Å²) in [6.07, 6.45) is 1.66. The average molecular weight is 293 g/mol. The summed E-state index contributed by atoms with van der Waals surface area (Å²) in [5.41, 5.74) is 9.96. The largest absolute Gasteiger partial charge is 0.323 e. The van der Waals surface area contributed by atoms with Crippen LogP contribution in [0, 0.1) is 13.8 Å². The van der Waals surface area contributed by atoms with E-state index in [4.69, 9.17) is 17.3 Å². The molecule has 1 heterocycles. The molecule has 1 aromatic carbocycles. The topological polar surface area (TPSA) is 38.9 Å². The molecule has 2 rings (SSSR count). The molecule has 19 heavy (non-hydrogen) atoms. The van der Waals surface area contributed by atoms with Gasteiger partial charge in [-0.1, -0.05) is 29.8 Å². The summed E-state index contributed by atoms with van der Waals surface area (Å²) in [6, 6.07) is 10.2. The van der Waals surface area contributed by atoms with E-state index >= 15 is 0 Å². The van der Waals surface area contributed by atoms with Crippen LogP contribution in [0.25, 0.3) is 0 Å². The number of hydrogen-bond acceptors (Lipinski definition) is 3. The van der Waals surface area contributed by atoms with Gasteiger partial charge in [0.15, 0.2) is 0 Å². The molecule has 2 nitrogen and oxygen atoms in total. The molecule has 1 aromatic heterocycles. The molecule has 0 amide bonds. The SMILES string of the molecule is Cc1ccc(C(N)CSc2ccc(Cl)cn2)cc1C. The molecule has 0 aliphatic rings. The number of pyridine rings is 1. The van der Waals surface area contributed by atoms with Crippen LogP contribution >= 0.6 is 23.4 Å². The zero-order valence-corrected chi connectivity index (χ0v) is 12.6. The summed E-state index contributed by atoms with van der Waals surface area (Å²) in [7, 11) is 0. The number of aromatic nitrogens is 1. The lowest BCUT2D eigenvalue weighted by Crippen LogP contribution is -2.13. The Morgan fingerprint density at radius 1 is 1.21 bits per heavy atom. The van der Waals surface area contributed by atoms with E-state index in [0.29, 0.717) is 5.02 Å². The zero-order chi connectivity index (χ0) is 13.8. The molecule has 0 radical (unpaired) electrons. The normalized spacial score (nSPS) is 12.4. The van der Waals surface area contributed by atoms with Crippen molar-refractivity contribution in [2.24, 2.45) is 5.73 Å². The maximum atomic E-state index is 6.22. The van der Waals surface area contributed by atoms with E-state index in [9.17, 15) is 0 Å². The highest BCUT2D eigenvalue weighted by Crippen LogP contribution is 2.23. The smallest absolute Gasteiger partial charge is 0.0961 e. The fourth-order valence-electron chi connectivity index (χ4n) is 1.71. The van der Waals surface area contributed by atoms with E-state index < -0.39 is 0 Å². The maximum absolute atomic E-state index is 6.22. The number of halogens is 1. The van der Waals surface area contributed by atoms with Crippen LogP contribution < -0.4 is 5.73 Å². The number of thioether (sulfide) groups is 1. The molecule has 0 fully saturated rings. The quantitative estimate of drug-likeness (QED) is 0.861. The molecule has 4 heteroatoms. The summed E-state index contributed by atoms with van der Waals surface area (Å²) in [4.78, 5) is 4.25. The third-order valence-corrected chi connectivity index (χ3v) is 4.36. The summed E-state index contributed by atoms with van der Waals surface area (Å²) in [5, 5.41) is 1.60. The molecule has 1 atom stereocenters. The second-order valence-electron chi connectivity index (χ2n) is 4.58. The minimum atomic E-state index is 0.0155. The minimum absolute atomic E-state index is 0.0155. The van der Waals surface area contributed by atoms with Crippen molar-refractivity contribution in [3.8, 4) is 0 Å². The first-order chi connectivity index (χ1) is 9.06. The molecule has 2 aromatic rings. The third kappa shape index (κ3) is 3.96. The second kappa shape index (κ2) is 6.42. The van der Waals surface area contributed by atoms with Gasteiger partial charge in [-0.25, -0.2) is 4.98 Å². The van der Waals surface area contributed by atoms with Gasteiger partial charge in [0.05, 0.1) is 10.0 Å². The molecule has 0 bridgehead atoms. The Hall–Kier alpha value is -1.03. The molecule has 1 unspecified atom stereocenters. The molecular formula is C15H17ClN2S. The van der Waals surface area contributed by atoms with Gasteiger partial charge in [-0.2, -0.15) is 0 Å². The number of nitrogens with zero attached hydrogens (tertiary/aromatic N) is 1.